The van der Waals surface area contributed by atoms with Crippen molar-refractivity contribution in [3.63, 3.8) is 0 Å². The van der Waals surface area contributed by atoms with E-state index >= 15 is 0 Å². The number of benzene rings is 1. The summed E-state index contributed by atoms with van der Waals surface area (Å²) in [6.07, 6.45) is 1.84. The van der Waals surface area contributed by atoms with Crippen LogP contribution in [-0.4, -0.2) is 18.1 Å². The summed E-state index contributed by atoms with van der Waals surface area (Å²) in [6.45, 7) is 7.77. The van der Waals surface area contributed by atoms with E-state index < -0.39 is 0 Å². The van der Waals surface area contributed by atoms with Crippen molar-refractivity contribution in [2.24, 2.45) is 0 Å². The third-order valence-electron chi connectivity index (χ3n) is 3.41. The molecule has 0 unspecified atom stereocenters. The van der Waals surface area contributed by atoms with Crippen molar-refractivity contribution < 1.29 is 0 Å². The van der Waals surface area contributed by atoms with Crippen LogP contribution in [0.3, 0.4) is 0 Å². The molecule has 1 heterocycles. The van der Waals surface area contributed by atoms with Gasteiger partial charge in [-0.25, -0.2) is 0 Å². The number of pyridine rings is 1. The highest BCUT2D eigenvalue weighted by molar-refractivity contribution is 6.30. The lowest BCUT2D eigenvalue weighted by atomic mass is 10.1. The van der Waals surface area contributed by atoms with Crippen molar-refractivity contribution in [1.29, 1.82) is 0 Å². The predicted octanol–water partition coefficient (Wildman–Crippen LogP) is 3.87. The Kier molecular flexibility index (Phi) is 6.03. The summed E-state index contributed by atoms with van der Waals surface area (Å²) in [5.74, 6) is 0. The highest BCUT2D eigenvalue weighted by Gasteiger charge is 2.11. The van der Waals surface area contributed by atoms with E-state index in [1.54, 1.807) is 0 Å². The molecular formula is C17H22ClN3. The fourth-order valence-corrected chi connectivity index (χ4v) is 2.51. The Morgan fingerprint density at radius 3 is 2.71 bits per heavy atom. The smallest absolute Gasteiger partial charge is 0.0602 e. The van der Waals surface area contributed by atoms with E-state index in [4.69, 9.17) is 11.6 Å². The van der Waals surface area contributed by atoms with Crippen LogP contribution in [0.2, 0.25) is 5.02 Å². The van der Waals surface area contributed by atoms with E-state index in [-0.39, 0.29) is 0 Å². The highest BCUT2D eigenvalue weighted by atomic mass is 35.5. The summed E-state index contributed by atoms with van der Waals surface area (Å²) in [4.78, 5) is 6.74. The molecule has 0 aliphatic rings. The predicted molar refractivity (Wildman–Crippen MR) is 89.8 cm³/mol. The van der Waals surface area contributed by atoms with E-state index in [0.717, 1.165) is 36.9 Å². The van der Waals surface area contributed by atoms with Gasteiger partial charge in [0.15, 0.2) is 0 Å². The van der Waals surface area contributed by atoms with Gasteiger partial charge in [-0.05, 0) is 49.4 Å². The summed E-state index contributed by atoms with van der Waals surface area (Å²) < 4.78 is 0. The van der Waals surface area contributed by atoms with Gasteiger partial charge in [0.25, 0.3) is 0 Å². The zero-order valence-electron chi connectivity index (χ0n) is 12.6. The first-order valence-corrected chi connectivity index (χ1v) is 7.76. The van der Waals surface area contributed by atoms with Crippen molar-refractivity contribution in [3.05, 3.63) is 58.9 Å². The minimum Gasteiger partial charge on any atom is -0.366 e. The second kappa shape index (κ2) is 8.01. The summed E-state index contributed by atoms with van der Waals surface area (Å²) in [5.41, 5.74) is 3.51. The lowest BCUT2D eigenvalue weighted by molar-refractivity contribution is 0.717. The average molecular weight is 304 g/mol. The molecule has 3 nitrogen and oxygen atoms in total. The van der Waals surface area contributed by atoms with Gasteiger partial charge in [-0.15, -0.1) is 0 Å². The Bertz CT molecular complexity index is 557. The first-order chi connectivity index (χ1) is 10.2. The van der Waals surface area contributed by atoms with Crippen LogP contribution < -0.4 is 10.2 Å². The maximum atomic E-state index is 6.15. The minimum absolute atomic E-state index is 0.778. The number of hydrogen-bond donors (Lipinski definition) is 1. The second-order valence-electron chi connectivity index (χ2n) is 4.89. The summed E-state index contributed by atoms with van der Waals surface area (Å²) in [7, 11) is 0. The molecule has 0 radical (unpaired) electrons. The number of halogens is 1. The van der Waals surface area contributed by atoms with Gasteiger partial charge in [0.05, 0.1) is 12.2 Å². The topological polar surface area (TPSA) is 28.2 Å². The molecular weight excluding hydrogens is 282 g/mol. The normalized spacial score (nSPS) is 10.6. The SMILES string of the molecule is CCNCc1cc(Cl)ccc1N(CC)Cc1ccccn1. The molecule has 0 bridgehead atoms. The largest absolute Gasteiger partial charge is 0.366 e. The fourth-order valence-electron chi connectivity index (χ4n) is 2.32. The maximum absolute atomic E-state index is 6.15. The van der Waals surface area contributed by atoms with Gasteiger partial charge in [-0.3, -0.25) is 4.98 Å². The lowest BCUT2D eigenvalue weighted by Crippen LogP contribution is -2.25. The van der Waals surface area contributed by atoms with E-state index in [0.29, 0.717) is 0 Å². The molecule has 0 aliphatic heterocycles. The fraction of sp³-hybridized carbons (Fsp3) is 0.353. The Morgan fingerprint density at radius 1 is 1.19 bits per heavy atom. The monoisotopic (exact) mass is 303 g/mol. The Morgan fingerprint density at radius 2 is 2.05 bits per heavy atom. The molecule has 1 aromatic heterocycles. The van der Waals surface area contributed by atoms with Crippen molar-refractivity contribution in [2.75, 3.05) is 18.0 Å². The average Bonchev–Trinajstić information content (AvgIpc) is 2.52. The minimum atomic E-state index is 0.778. The molecule has 4 heteroatoms. The molecule has 2 aromatic rings. The molecule has 21 heavy (non-hydrogen) atoms. The summed E-state index contributed by atoms with van der Waals surface area (Å²) in [5, 5.41) is 4.15. The molecule has 0 spiro atoms. The van der Waals surface area contributed by atoms with Crippen LogP contribution in [0.25, 0.3) is 0 Å². The van der Waals surface area contributed by atoms with Gasteiger partial charge in [0.2, 0.25) is 0 Å². The maximum Gasteiger partial charge on any atom is 0.0602 e. The van der Waals surface area contributed by atoms with E-state index in [2.05, 4.69) is 41.2 Å². The van der Waals surface area contributed by atoms with Gasteiger partial charge >= 0.3 is 0 Å². The first kappa shape index (κ1) is 15.8. The molecule has 0 saturated heterocycles. The van der Waals surface area contributed by atoms with Crippen molar-refractivity contribution in [2.45, 2.75) is 26.9 Å². The first-order valence-electron chi connectivity index (χ1n) is 7.38. The van der Waals surface area contributed by atoms with Crippen molar-refractivity contribution in [3.8, 4) is 0 Å². The number of hydrogen-bond acceptors (Lipinski definition) is 3. The molecule has 0 atom stereocenters. The van der Waals surface area contributed by atoms with E-state index in [9.17, 15) is 0 Å². The van der Waals surface area contributed by atoms with Crippen LogP contribution in [0.5, 0.6) is 0 Å². The number of aromatic nitrogens is 1. The number of anilines is 1. The summed E-state index contributed by atoms with van der Waals surface area (Å²) >= 11 is 6.15. The summed E-state index contributed by atoms with van der Waals surface area (Å²) in [6, 6.07) is 12.1. The number of rotatable bonds is 7. The molecule has 0 amide bonds. The van der Waals surface area contributed by atoms with Crippen LogP contribution in [-0.2, 0) is 13.1 Å². The van der Waals surface area contributed by atoms with Gasteiger partial charge in [-0.1, -0.05) is 24.6 Å². The van der Waals surface area contributed by atoms with Crippen molar-refractivity contribution in [1.82, 2.24) is 10.3 Å². The zero-order valence-corrected chi connectivity index (χ0v) is 13.4. The van der Waals surface area contributed by atoms with E-state index in [1.807, 2.05) is 30.5 Å². The third kappa shape index (κ3) is 4.45. The molecule has 0 fully saturated rings. The third-order valence-corrected chi connectivity index (χ3v) is 3.64. The zero-order chi connectivity index (χ0) is 15.1. The molecule has 1 aromatic carbocycles. The van der Waals surface area contributed by atoms with Gasteiger partial charge in [0.1, 0.15) is 0 Å². The van der Waals surface area contributed by atoms with Crippen LogP contribution in [0.1, 0.15) is 25.1 Å². The van der Waals surface area contributed by atoms with Gasteiger partial charge < -0.3 is 10.2 Å². The molecule has 1 N–H and O–H groups in total. The Hall–Kier alpha value is -1.58. The molecule has 0 saturated carbocycles. The lowest BCUT2D eigenvalue weighted by Gasteiger charge is -2.26. The molecule has 112 valence electrons. The second-order valence-corrected chi connectivity index (χ2v) is 5.33. The van der Waals surface area contributed by atoms with Gasteiger partial charge in [0, 0.05) is 30.0 Å². The van der Waals surface area contributed by atoms with Crippen molar-refractivity contribution >= 4 is 17.3 Å². The van der Waals surface area contributed by atoms with Gasteiger partial charge in [-0.2, -0.15) is 0 Å². The number of nitrogens with zero attached hydrogens (tertiary/aromatic N) is 2. The standard InChI is InChI=1S/C17H22ClN3/c1-3-19-12-14-11-15(18)8-9-17(14)21(4-2)13-16-7-5-6-10-20-16/h5-11,19H,3-4,12-13H2,1-2H3. The van der Waals surface area contributed by atoms with Crippen LogP contribution in [0, 0.1) is 0 Å². The van der Waals surface area contributed by atoms with Crippen LogP contribution in [0.4, 0.5) is 5.69 Å². The number of nitrogens with one attached hydrogen (secondary N) is 1. The Balaban J connectivity index is 2.24. The molecule has 0 aliphatic carbocycles. The van der Waals surface area contributed by atoms with Crippen LogP contribution >= 0.6 is 11.6 Å². The highest BCUT2D eigenvalue weighted by Crippen LogP contribution is 2.25. The quantitative estimate of drug-likeness (QED) is 0.841. The van der Waals surface area contributed by atoms with E-state index in [1.165, 1.54) is 11.3 Å². The Labute approximate surface area is 132 Å². The molecule has 2 rings (SSSR count). The van der Waals surface area contributed by atoms with Crippen LogP contribution in [0.15, 0.2) is 42.6 Å².